The number of aryl methyl sites for hydroxylation is 1. The van der Waals surface area contributed by atoms with Crippen LogP contribution in [0.5, 0.6) is 11.5 Å². The third kappa shape index (κ3) is 5.05. The normalized spacial score (nSPS) is 21.7. The van der Waals surface area contributed by atoms with Crippen LogP contribution in [0.3, 0.4) is 0 Å². The minimum Gasteiger partial charge on any atom is -0.487 e. The van der Waals surface area contributed by atoms with E-state index in [-0.39, 0.29) is 24.4 Å². The predicted molar refractivity (Wildman–Crippen MR) is 116 cm³/mol. The molecule has 2 aliphatic rings. The number of benzene rings is 1. The average molecular weight is 415 g/mol. The van der Waals surface area contributed by atoms with Gasteiger partial charge in [0.1, 0.15) is 17.1 Å². The van der Waals surface area contributed by atoms with Crippen molar-refractivity contribution in [2.24, 2.45) is 5.92 Å². The zero-order valence-corrected chi connectivity index (χ0v) is 18.6. The molecule has 0 saturated heterocycles. The van der Waals surface area contributed by atoms with Crippen LogP contribution in [0.4, 0.5) is 0 Å². The lowest BCUT2D eigenvalue weighted by Gasteiger charge is -2.46. The minimum atomic E-state index is -1.00. The highest BCUT2D eigenvalue weighted by Gasteiger charge is 2.45. The van der Waals surface area contributed by atoms with Gasteiger partial charge in [0.2, 0.25) is 0 Å². The summed E-state index contributed by atoms with van der Waals surface area (Å²) in [5, 5.41) is 8.89. The Balaban J connectivity index is 2.01. The fourth-order valence-corrected chi connectivity index (χ4v) is 4.75. The van der Waals surface area contributed by atoms with Gasteiger partial charge in [-0.1, -0.05) is 31.4 Å². The van der Waals surface area contributed by atoms with Crippen LogP contribution in [-0.4, -0.2) is 22.6 Å². The monoisotopic (exact) mass is 414 g/mol. The van der Waals surface area contributed by atoms with Gasteiger partial charge in [0.05, 0.1) is 12.8 Å². The number of hydrogen-bond acceptors (Lipinski definition) is 4. The maximum Gasteiger partial charge on any atom is 0.311 e. The summed E-state index contributed by atoms with van der Waals surface area (Å²) < 4.78 is 12.2. The first-order valence-corrected chi connectivity index (χ1v) is 11.2. The first kappa shape index (κ1) is 22.4. The summed E-state index contributed by atoms with van der Waals surface area (Å²) in [4.78, 5) is 23.2. The van der Waals surface area contributed by atoms with E-state index in [0.29, 0.717) is 11.7 Å². The number of aliphatic carboxylic acids is 1. The van der Waals surface area contributed by atoms with Crippen molar-refractivity contribution in [3.8, 4) is 11.5 Å². The van der Waals surface area contributed by atoms with E-state index in [1.165, 1.54) is 5.57 Å². The molecule has 30 heavy (non-hydrogen) atoms. The summed E-state index contributed by atoms with van der Waals surface area (Å²) in [6.07, 6.45) is 8.25. The van der Waals surface area contributed by atoms with E-state index in [4.69, 9.17) is 14.6 Å². The van der Waals surface area contributed by atoms with Crippen LogP contribution >= 0.6 is 0 Å². The zero-order chi connectivity index (χ0) is 21.9. The lowest BCUT2D eigenvalue weighted by Crippen LogP contribution is -2.45. The second-order valence-corrected chi connectivity index (χ2v) is 9.22. The number of unbranched alkanes of at least 4 members (excludes halogenated alkanes) is 2. The largest absolute Gasteiger partial charge is 0.487 e. The Bertz CT molecular complexity index is 836. The van der Waals surface area contributed by atoms with Crippen LogP contribution < -0.4 is 9.47 Å². The molecular formula is C25H34O5. The molecule has 5 nitrogen and oxygen atoms in total. The van der Waals surface area contributed by atoms with Gasteiger partial charge in [0, 0.05) is 17.4 Å². The van der Waals surface area contributed by atoms with Gasteiger partial charge in [-0.15, -0.1) is 0 Å². The summed E-state index contributed by atoms with van der Waals surface area (Å²) in [6.45, 7) is 8.61. The second-order valence-electron chi connectivity index (χ2n) is 9.22. The molecule has 0 radical (unpaired) electrons. The number of fused-ring (bicyclic) bond motifs is 3. The van der Waals surface area contributed by atoms with E-state index in [1.54, 1.807) is 0 Å². The minimum absolute atomic E-state index is 0.129. The Labute approximate surface area is 179 Å². The Morgan fingerprint density at radius 2 is 2.00 bits per heavy atom. The number of esters is 1. The van der Waals surface area contributed by atoms with E-state index in [2.05, 4.69) is 39.8 Å². The van der Waals surface area contributed by atoms with Crippen LogP contribution in [0.25, 0.3) is 0 Å². The van der Waals surface area contributed by atoms with Crippen LogP contribution in [0.2, 0.25) is 0 Å². The van der Waals surface area contributed by atoms with Gasteiger partial charge >= 0.3 is 11.9 Å². The molecule has 1 aromatic rings. The molecule has 5 heteroatoms. The van der Waals surface area contributed by atoms with Crippen LogP contribution in [0, 0.1) is 5.92 Å². The van der Waals surface area contributed by atoms with Crippen molar-refractivity contribution in [1.29, 1.82) is 0 Å². The molecule has 0 aromatic heterocycles. The van der Waals surface area contributed by atoms with Crippen molar-refractivity contribution in [3.05, 3.63) is 34.9 Å². The van der Waals surface area contributed by atoms with E-state index in [1.807, 2.05) is 6.07 Å². The molecule has 1 aromatic carbocycles. The van der Waals surface area contributed by atoms with Gasteiger partial charge in [0.15, 0.2) is 0 Å². The molecule has 0 amide bonds. The first-order valence-electron chi connectivity index (χ1n) is 11.2. The summed E-state index contributed by atoms with van der Waals surface area (Å²) in [5.41, 5.74) is 3.06. The van der Waals surface area contributed by atoms with Crippen molar-refractivity contribution in [2.45, 2.75) is 90.6 Å². The lowest BCUT2D eigenvalue weighted by atomic mass is 9.68. The highest BCUT2D eigenvalue weighted by atomic mass is 16.5. The number of rotatable bonds is 8. The quantitative estimate of drug-likeness (QED) is 0.252. The summed E-state index contributed by atoms with van der Waals surface area (Å²) in [7, 11) is 0. The van der Waals surface area contributed by atoms with Crippen molar-refractivity contribution >= 4 is 11.9 Å². The van der Waals surface area contributed by atoms with Crippen molar-refractivity contribution < 1.29 is 24.2 Å². The molecule has 0 saturated carbocycles. The third-order valence-corrected chi connectivity index (χ3v) is 6.35. The number of allylic oxidation sites excluding steroid dienone is 2. The highest BCUT2D eigenvalue weighted by Crippen LogP contribution is 2.53. The molecule has 1 aliphatic heterocycles. The van der Waals surface area contributed by atoms with Gasteiger partial charge in [-0.3, -0.25) is 9.59 Å². The van der Waals surface area contributed by atoms with Crippen molar-refractivity contribution in [2.75, 3.05) is 0 Å². The van der Waals surface area contributed by atoms with Gasteiger partial charge in [0.25, 0.3) is 0 Å². The number of carbonyl (C=O) groups excluding carboxylic acids is 1. The molecule has 1 heterocycles. The number of carboxylic acid groups (broad SMARTS) is 1. The Kier molecular flexibility index (Phi) is 6.89. The van der Waals surface area contributed by atoms with E-state index >= 15 is 0 Å². The zero-order valence-electron chi connectivity index (χ0n) is 18.6. The van der Waals surface area contributed by atoms with Crippen LogP contribution in [0.15, 0.2) is 23.8 Å². The van der Waals surface area contributed by atoms with Gasteiger partial charge in [-0.2, -0.15) is 0 Å². The van der Waals surface area contributed by atoms with E-state index in [0.717, 1.165) is 55.4 Å². The molecule has 164 valence electrons. The molecule has 0 fully saturated rings. The average Bonchev–Trinajstić information content (AvgIpc) is 2.65. The van der Waals surface area contributed by atoms with Gasteiger partial charge in [-0.25, -0.2) is 0 Å². The second kappa shape index (κ2) is 9.23. The third-order valence-electron chi connectivity index (χ3n) is 6.35. The fourth-order valence-electron chi connectivity index (χ4n) is 4.75. The molecular weight excluding hydrogens is 380 g/mol. The van der Waals surface area contributed by atoms with Gasteiger partial charge in [-0.05, 0) is 64.2 Å². The highest BCUT2D eigenvalue weighted by molar-refractivity contribution is 5.78. The smallest absolute Gasteiger partial charge is 0.311 e. The number of carboxylic acids is 1. The topological polar surface area (TPSA) is 72.8 Å². The van der Waals surface area contributed by atoms with Gasteiger partial charge < -0.3 is 14.6 Å². The number of hydrogen-bond donors (Lipinski definition) is 1. The Morgan fingerprint density at radius 1 is 1.23 bits per heavy atom. The van der Waals surface area contributed by atoms with Crippen molar-refractivity contribution in [1.82, 2.24) is 0 Å². The maximum absolute atomic E-state index is 12.4. The molecule has 2 atom stereocenters. The first-order chi connectivity index (χ1) is 14.2. The van der Waals surface area contributed by atoms with E-state index in [9.17, 15) is 9.59 Å². The van der Waals surface area contributed by atoms with E-state index < -0.39 is 11.9 Å². The molecule has 3 rings (SSSR count). The summed E-state index contributed by atoms with van der Waals surface area (Å²) in [5.74, 6) is 0.245. The predicted octanol–water partition coefficient (Wildman–Crippen LogP) is 5.80. The maximum atomic E-state index is 12.4. The Hall–Kier alpha value is -2.30. The SMILES string of the molecule is CCCCCc1cc(OC(=O)CCC(=O)O)c2c(c1)OC(C)(C)[C@@H]1CCC(C)=C[C@H]21. The standard InChI is InChI=1S/C25H34O5/c1-5-6-7-8-17-14-20(29-23(28)12-11-22(26)27)24-18-13-16(2)9-10-19(18)25(3,4)30-21(24)15-17/h13-15,18-19H,5-12H2,1-4H3,(H,26,27)/t18-,19+/m0/s1. The van der Waals surface area contributed by atoms with Crippen LogP contribution in [0.1, 0.15) is 89.7 Å². The summed E-state index contributed by atoms with van der Waals surface area (Å²) >= 11 is 0. The molecule has 0 unspecified atom stereocenters. The van der Waals surface area contributed by atoms with Crippen LogP contribution in [-0.2, 0) is 16.0 Å². The number of ether oxygens (including phenoxy) is 2. The Morgan fingerprint density at radius 3 is 2.70 bits per heavy atom. The molecule has 1 aliphatic carbocycles. The number of carbonyl (C=O) groups is 2. The van der Waals surface area contributed by atoms with Crippen molar-refractivity contribution in [3.63, 3.8) is 0 Å². The molecule has 0 bridgehead atoms. The molecule has 1 N–H and O–H groups in total. The lowest BCUT2D eigenvalue weighted by molar-refractivity contribution is -0.142. The summed E-state index contributed by atoms with van der Waals surface area (Å²) in [6, 6.07) is 4.07. The fraction of sp³-hybridized carbons (Fsp3) is 0.600. The molecule has 0 spiro atoms.